The highest BCUT2D eigenvalue weighted by molar-refractivity contribution is 5.91. The summed E-state index contributed by atoms with van der Waals surface area (Å²) < 4.78 is 24.8. The Morgan fingerprint density at radius 3 is 2.03 bits per heavy atom. The van der Waals surface area contributed by atoms with E-state index in [4.69, 9.17) is 23.7 Å². The number of hydrogen-bond donors (Lipinski definition) is 0. The molecule has 9 heteroatoms. The third-order valence-electron chi connectivity index (χ3n) is 3.79. The summed E-state index contributed by atoms with van der Waals surface area (Å²) in [5.74, 6) is -2.63. The van der Waals surface area contributed by atoms with Gasteiger partial charge in [-0.1, -0.05) is 30.3 Å². The minimum atomic E-state index is -0.782. The van der Waals surface area contributed by atoms with Gasteiger partial charge in [-0.3, -0.25) is 9.59 Å². The highest BCUT2D eigenvalue weighted by Crippen LogP contribution is 2.03. The van der Waals surface area contributed by atoms with Gasteiger partial charge in [0.25, 0.3) is 0 Å². The lowest BCUT2D eigenvalue weighted by Crippen LogP contribution is -2.23. The highest BCUT2D eigenvalue weighted by atomic mass is 16.6. The largest absolute Gasteiger partial charge is 0.463 e. The first-order valence-corrected chi connectivity index (χ1v) is 9.73. The second-order valence-corrected chi connectivity index (χ2v) is 6.59. The van der Waals surface area contributed by atoms with Gasteiger partial charge < -0.3 is 23.7 Å². The maximum Gasteiger partial charge on any atom is 0.331 e. The molecular weight excluding hydrogens is 408 g/mol. The van der Waals surface area contributed by atoms with Crippen molar-refractivity contribution in [3.05, 3.63) is 48.0 Å². The third kappa shape index (κ3) is 12.9. The molecule has 0 N–H and O–H groups in total. The van der Waals surface area contributed by atoms with Gasteiger partial charge in [-0.15, -0.1) is 0 Å². The van der Waals surface area contributed by atoms with Crippen LogP contribution in [0.1, 0.15) is 32.3 Å². The van der Waals surface area contributed by atoms with Gasteiger partial charge in [0, 0.05) is 19.3 Å². The molecule has 170 valence electrons. The van der Waals surface area contributed by atoms with Crippen LogP contribution in [0.4, 0.5) is 0 Å². The van der Waals surface area contributed by atoms with Crippen LogP contribution in [0, 0.1) is 0 Å². The third-order valence-corrected chi connectivity index (χ3v) is 3.79. The molecule has 31 heavy (non-hydrogen) atoms. The summed E-state index contributed by atoms with van der Waals surface area (Å²) in [5.41, 5.74) is 0.820. The Morgan fingerprint density at radius 2 is 1.39 bits per heavy atom. The normalized spacial score (nSPS) is 12.6. The van der Waals surface area contributed by atoms with E-state index in [1.807, 2.05) is 18.2 Å². The van der Waals surface area contributed by atoms with Crippen molar-refractivity contribution in [2.24, 2.45) is 0 Å². The van der Waals surface area contributed by atoms with Gasteiger partial charge in [-0.2, -0.15) is 0 Å². The molecule has 0 saturated heterocycles. The van der Waals surface area contributed by atoms with E-state index in [1.165, 1.54) is 14.0 Å². The smallest absolute Gasteiger partial charge is 0.331 e. The van der Waals surface area contributed by atoms with E-state index in [9.17, 15) is 19.2 Å². The van der Waals surface area contributed by atoms with Crippen LogP contribution in [0.25, 0.3) is 0 Å². The molecule has 2 unspecified atom stereocenters. The van der Waals surface area contributed by atoms with Crippen molar-refractivity contribution in [2.75, 3.05) is 20.3 Å². The number of ether oxygens (including phenoxy) is 5. The Morgan fingerprint density at radius 1 is 0.806 bits per heavy atom. The SMILES string of the molecule is COC(C)COC(=O)CCC(=O)OC(C)COC(=O)/C=C/C(=O)OCc1ccccc1. The van der Waals surface area contributed by atoms with Gasteiger partial charge >= 0.3 is 23.9 Å². The fourth-order valence-corrected chi connectivity index (χ4v) is 2.03. The van der Waals surface area contributed by atoms with Gasteiger partial charge in [0.05, 0.1) is 18.9 Å². The molecule has 0 amide bonds. The van der Waals surface area contributed by atoms with Gasteiger partial charge in [0.1, 0.15) is 25.9 Å². The number of carbonyl (C=O) groups is 4. The fraction of sp³-hybridized carbons (Fsp3) is 0.455. The molecule has 1 aromatic rings. The van der Waals surface area contributed by atoms with E-state index in [0.29, 0.717) is 0 Å². The molecule has 0 aromatic heterocycles. The minimum absolute atomic E-state index is 0.0883. The van der Waals surface area contributed by atoms with Crippen molar-refractivity contribution in [3.8, 4) is 0 Å². The van der Waals surface area contributed by atoms with E-state index in [-0.39, 0.29) is 38.8 Å². The molecule has 1 aromatic carbocycles. The molecule has 1 rings (SSSR count). The molecule has 0 bridgehead atoms. The van der Waals surface area contributed by atoms with Gasteiger partial charge in [0.15, 0.2) is 0 Å². The van der Waals surface area contributed by atoms with Crippen molar-refractivity contribution in [1.29, 1.82) is 0 Å². The summed E-state index contributed by atoms with van der Waals surface area (Å²) in [6.45, 7) is 3.26. The predicted octanol–water partition coefficient (Wildman–Crippen LogP) is 2.12. The van der Waals surface area contributed by atoms with Crippen molar-refractivity contribution in [1.82, 2.24) is 0 Å². The van der Waals surface area contributed by atoms with E-state index in [2.05, 4.69) is 0 Å². The number of hydrogen-bond acceptors (Lipinski definition) is 9. The maximum absolute atomic E-state index is 11.7. The monoisotopic (exact) mass is 436 g/mol. The molecule has 0 heterocycles. The highest BCUT2D eigenvalue weighted by Gasteiger charge is 2.14. The fourth-order valence-electron chi connectivity index (χ4n) is 2.03. The Bertz CT molecular complexity index is 743. The number of rotatable bonds is 13. The van der Waals surface area contributed by atoms with Gasteiger partial charge in [-0.25, -0.2) is 9.59 Å². The Hall–Kier alpha value is -3.20. The van der Waals surface area contributed by atoms with Crippen molar-refractivity contribution in [3.63, 3.8) is 0 Å². The van der Waals surface area contributed by atoms with E-state index < -0.39 is 30.0 Å². The second-order valence-electron chi connectivity index (χ2n) is 6.59. The molecule has 0 fully saturated rings. The van der Waals surface area contributed by atoms with Crippen molar-refractivity contribution < 1.29 is 42.9 Å². The minimum Gasteiger partial charge on any atom is -0.463 e. The second kappa shape index (κ2) is 14.7. The van der Waals surface area contributed by atoms with Crippen LogP contribution in [0.15, 0.2) is 42.5 Å². The first-order chi connectivity index (χ1) is 14.8. The Balaban J connectivity index is 2.19. The summed E-state index contributed by atoms with van der Waals surface area (Å²) in [7, 11) is 1.50. The van der Waals surface area contributed by atoms with E-state index in [1.54, 1.807) is 19.1 Å². The van der Waals surface area contributed by atoms with Crippen LogP contribution in [0.5, 0.6) is 0 Å². The molecule has 2 atom stereocenters. The number of carbonyl (C=O) groups excluding carboxylic acids is 4. The number of esters is 4. The summed E-state index contributed by atoms with van der Waals surface area (Å²) in [6, 6.07) is 9.09. The van der Waals surface area contributed by atoms with Crippen molar-refractivity contribution >= 4 is 23.9 Å². The van der Waals surface area contributed by atoms with E-state index >= 15 is 0 Å². The lowest BCUT2D eigenvalue weighted by atomic mass is 10.2. The summed E-state index contributed by atoms with van der Waals surface area (Å²) in [6.07, 6.45) is 0.641. The summed E-state index contributed by atoms with van der Waals surface area (Å²) >= 11 is 0. The van der Waals surface area contributed by atoms with Gasteiger partial charge in [-0.05, 0) is 19.4 Å². The average molecular weight is 436 g/mol. The van der Waals surface area contributed by atoms with Crippen LogP contribution in [0.3, 0.4) is 0 Å². The molecule has 0 aliphatic carbocycles. The molecule has 0 spiro atoms. The zero-order valence-corrected chi connectivity index (χ0v) is 17.9. The van der Waals surface area contributed by atoms with Gasteiger partial charge in [0.2, 0.25) is 0 Å². The molecular formula is C22H28O9. The molecule has 0 aliphatic heterocycles. The lowest BCUT2D eigenvalue weighted by molar-refractivity contribution is -0.158. The van der Waals surface area contributed by atoms with Crippen LogP contribution >= 0.6 is 0 Å². The average Bonchev–Trinajstić information content (AvgIpc) is 2.77. The van der Waals surface area contributed by atoms with Crippen LogP contribution in [0.2, 0.25) is 0 Å². The first kappa shape index (κ1) is 25.8. The predicted molar refractivity (Wildman–Crippen MR) is 109 cm³/mol. The molecule has 9 nitrogen and oxygen atoms in total. The lowest BCUT2D eigenvalue weighted by Gasteiger charge is -2.13. The summed E-state index contributed by atoms with van der Waals surface area (Å²) in [4.78, 5) is 46.5. The first-order valence-electron chi connectivity index (χ1n) is 9.73. The molecule has 0 radical (unpaired) electrons. The number of methoxy groups -OCH3 is 1. The standard InChI is InChI=1S/C22H28O9/c1-16(27-3)13-28-20(24)11-12-22(26)31-17(2)14-29-19(23)9-10-21(25)30-15-18-7-5-4-6-8-18/h4-10,16-17H,11-15H2,1-3H3/b10-9+. The van der Waals surface area contributed by atoms with Crippen molar-refractivity contribution in [2.45, 2.75) is 45.5 Å². The van der Waals surface area contributed by atoms with Crippen LogP contribution in [-0.4, -0.2) is 56.4 Å². The summed E-state index contributed by atoms with van der Waals surface area (Å²) in [5, 5.41) is 0. The molecule has 0 saturated carbocycles. The number of benzene rings is 1. The molecule has 0 aliphatic rings. The zero-order valence-electron chi connectivity index (χ0n) is 17.9. The quantitative estimate of drug-likeness (QED) is 0.260. The zero-order chi connectivity index (χ0) is 23.1. The topological polar surface area (TPSA) is 114 Å². The maximum atomic E-state index is 11.7. The Kier molecular flexibility index (Phi) is 12.3. The van der Waals surface area contributed by atoms with E-state index in [0.717, 1.165) is 17.7 Å². The van der Waals surface area contributed by atoms with Crippen LogP contribution in [-0.2, 0) is 49.5 Å². The van der Waals surface area contributed by atoms with Crippen LogP contribution < -0.4 is 0 Å². The Labute approximate surface area is 181 Å².